The summed E-state index contributed by atoms with van der Waals surface area (Å²) in [6, 6.07) is 5.97. The number of nitrogens with two attached hydrogens (primary N) is 1. The summed E-state index contributed by atoms with van der Waals surface area (Å²) in [5.41, 5.74) is 6.45. The van der Waals surface area contributed by atoms with Crippen LogP contribution < -0.4 is 5.73 Å². The SMILES string of the molecule is CC(C)(C)OC(=O)N1CCN(C(CN)c2ccccn2)CC1. The molecule has 0 bridgehead atoms. The van der Waals surface area contributed by atoms with E-state index < -0.39 is 5.60 Å². The van der Waals surface area contributed by atoms with Crippen LogP contribution in [-0.4, -0.2) is 59.2 Å². The summed E-state index contributed by atoms with van der Waals surface area (Å²) in [6.07, 6.45) is 1.55. The van der Waals surface area contributed by atoms with Gasteiger partial charge in [-0.15, -0.1) is 0 Å². The third-order valence-electron chi connectivity index (χ3n) is 3.66. The molecule has 1 aromatic heterocycles. The average Bonchev–Trinajstić information content (AvgIpc) is 2.48. The number of carbonyl (C=O) groups is 1. The monoisotopic (exact) mass is 306 g/mol. The maximum Gasteiger partial charge on any atom is 0.410 e. The van der Waals surface area contributed by atoms with Crippen LogP contribution in [0, 0.1) is 0 Å². The van der Waals surface area contributed by atoms with Crippen molar-refractivity contribution in [3.63, 3.8) is 0 Å². The van der Waals surface area contributed by atoms with Crippen LogP contribution in [0.5, 0.6) is 0 Å². The standard InChI is InChI=1S/C16H26N4O2/c1-16(2,3)22-15(21)20-10-8-19(9-11-20)14(12-17)13-6-4-5-7-18-13/h4-7,14H,8-12,17H2,1-3H3. The Morgan fingerprint density at radius 1 is 1.32 bits per heavy atom. The van der Waals surface area contributed by atoms with Gasteiger partial charge in [-0.3, -0.25) is 9.88 Å². The summed E-state index contributed by atoms with van der Waals surface area (Å²) >= 11 is 0. The molecule has 0 radical (unpaired) electrons. The Balaban J connectivity index is 1.92. The number of aromatic nitrogens is 1. The van der Waals surface area contributed by atoms with Crippen LogP contribution in [0.25, 0.3) is 0 Å². The highest BCUT2D eigenvalue weighted by molar-refractivity contribution is 5.68. The second kappa shape index (κ2) is 7.07. The molecule has 6 nitrogen and oxygen atoms in total. The van der Waals surface area contributed by atoms with Crippen molar-refractivity contribution in [1.82, 2.24) is 14.8 Å². The molecule has 1 aliphatic heterocycles. The Morgan fingerprint density at radius 2 is 2.00 bits per heavy atom. The summed E-state index contributed by atoms with van der Waals surface area (Å²) < 4.78 is 5.42. The quantitative estimate of drug-likeness (QED) is 0.919. The van der Waals surface area contributed by atoms with Crippen molar-refractivity contribution in [3.8, 4) is 0 Å². The topological polar surface area (TPSA) is 71.7 Å². The Kier molecular flexibility index (Phi) is 5.37. The van der Waals surface area contributed by atoms with Gasteiger partial charge >= 0.3 is 6.09 Å². The highest BCUT2D eigenvalue weighted by Crippen LogP contribution is 2.20. The van der Waals surface area contributed by atoms with Crippen molar-refractivity contribution in [2.24, 2.45) is 5.73 Å². The first-order valence-corrected chi connectivity index (χ1v) is 7.73. The van der Waals surface area contributed by atoms with Gasteiger partial charge in [0.1, 0.15) is 5.60 Å². The van der Waals surface area contributed by atoms with Gasteiger partial charge in [-0.1, -0.05) is 6.07 Å². The number of pyridine rings is 1. The number of ether oxygens (including phenoxy) is 1. The summed E-state index contributed by atoms with van der Waals surface area (Å²) in [5.74, 6) is 0. The number of hydrogen-bond donors (Lipinski definition) is 1. The number of amides is 1. The predicted molar refractivity (Wildman–Crippen MR) is 85.4 cm³/mol. The molecular formula is C16H26N4O2. The minimum atomic E-state index is -0.456. The van der Waals surface area contributed by atoms with E-state index in [0.717, 1.165) is 18.8 Å². The molecule has 122 valence electrons. The van der Waals surface area contributed by atoms with E-state index in [1.165, 1.54) is 0 Å². The van der Waals surface area contributed by atoms with Crippen molar-refractivity contribution < 1.29 is 9.53 Å². The van der Waals surface area contributed by atoms with Gasteiger partial charge in [0, 0.05) is 38.9 Å². The first-order valence-electron chi connectivity index (χ1n) is 7.73. The minimum Gasteiger partial charge on any atom is -0.444 e. The fourth-order valence-electron chi connectivity index (χ4n) is 2.57. The molecule has 1 unspecified atom stereocenters. The molecule has 1 aliphatic rings. The molecule has 2 heterocycles. The lowest BCUT2D eigenvalue weighted by atomic mass is 10.1. The van der Waals surface area contributed by atoms with Crippen molar-refractivity contribution in [2.75, 3.05) is 32.7 Å². The lowest BCUT2D eigenvalue weighted by Gasteiger charge is -2.39. The fraction of sp³-hybridized carbons (Fsp3) is 0.625. The van der Waals surface area contributed by atoms with Crippen LogP contribution in [0.15, 0.2) is 24.4 Å². The molecule has 1 atom stereocenters. The van der Waals surface area contributed by atoms with E-state index in [0.29, 0.717) is 19.6 Å². The van der Waals surface area contributed by atoms with E-state index in [9.17, 15) is 4.79 Å². The van der Waals surface area contributed by atoms with Crippen LogP contribution in [-0.2, 0) is 4.74 Å². The first kappa shape index (κ1) is 16.7. The van der Waals surface area contributed by atoms with Crippen LogP contribution in [0.1, 0.15) is 32.5 Å². The summed E-state index contributed by atoms with van der Waals surface area (Å²) in [6.45, 7) is 9.02. The van der Waals surface area contributed by atoms with Crippen LogP contribution in [0.3, 0.4) is 0 Å². The first-order chi connectivity index (χ1) is 10.4. The van der Waals surface area contributed by atoms with Crippen molar-refractivity contribution in [2.45, 2.75) is 32.4 Å². The molecule has 0 aliphatic carbocycles. The molecule has 0 saturated carbocycles. The van der Waals surface area contributed by atoms with Gasteiger partial charge in [-0.25, -0.2) is 4.79 Å². The summed E-state index contributed by atoms with van der Waals surface area (Å²) in [4.78, 5) is 20.5. The van der Waals surface area contributed by atoms with Crippen molar-refractivity contribution in [1.29, 1.82) is 0 Å². The minimum absolute atomic E-state index is 0.0991. The van der Waals surface area contributed by atoms with Crippen LogP contribution >= 0.6 is 0 Å². The summed E-state index contributed by atoms with van der Waals surface area (Å²) in [7, 11) is 0. The molecular weight excluding hydrogens is 280 g/mol. The molecule has 6 heteroatoms. The zero-order chi connectivity index (χ0) is 16.2. The van der Waals surface area contributed by atoms with E-state index in [1.807, 2.05) is 39.0 Å². The van der Waals surface area contributed by atoms with Crippen LogP contribution in [0.2, 0.25) is 0 Å². The molecule has 0 aromatic carbocycles. The molecule has 22 heavy (non-hydrogen) atoms. The third-order valence-corrected chi connectivity index (χ3v) is 3.66. The molecule has 1 amide bonds. The van der Waals surface area contributed by atoms with E-state index in [-0.39, 0.29) is 12.1 Å². The van der Waals surface area contributed by atoms with Crippen molar-refractivity contribution in [3.05, 3.63) is 30.1 Å². The number of hydrogen-bond acceptors (Lipinski definition) is 5. The lowest BCUT2D eigenvalue weighted by molar-refractivity contribution is 0.0104. The largest absolute Gasteiger partial charge is 0.444 e. The predicted octanol–water partition coefficient (Wildman–Crippen LogP) is 1.63. The second-order valence-electron chi connectivity index (χ2n) is 6.51. The fourth-order valence-corrected chi connectivity index (χ4v) is 2.57. The van der Waals surface area contributed by atoms with Gasteiger partial charge < -0.3 is 15.4 Å². The normalized spacial score (nSPS) is 18.1. The average molecular weight is 306 g/mol. The van der Waals surface area contributed by atoms with E-state index in [1.54, 1.807) is 11.1 Å². The smallest absolute Gasteiger partial charge is 0.410 e. The molecule has 2 N–H and O–H groups in total. The highest BCUT2D eigenvalue weighted by atomic mass is 16.6. The number of rotatable bonds is 3. The van der Waals surface area contributed by atoms with Gasteiger partial charge in [0.05, 0.1) is 11.7 Å². The van der Waals surface area contributed by atoms with E-state index in [4.69, 9.17) is 10.5 Å². The molecule has 1 aromatic rings. The zero-order valence-electron chi connectivity index (χ0n) is 13.7. The van der Waals surface area contributed by atoms with Crippen LogP contribution in [0.4, 0.5) is 4.79 Å². The Labute approximate surface area is 132 Å². The number of piperazine rings is 1. The van der Waals surface area contributed by atoms with Gasteiger partial charge in [0.2, 0.25) is 0 Å². The summed E-state index contributed by atoms with van der Waals surface area (Å²) in [5, 5.41) is 0. The molecule has 2 rings (SSSR count). The Hall–Kier alpha value is -1.66. The maximum absolute atomic E-state index is 12.1. The van der Waals surface area contributed by atoms with Crippen molar-refractivity contribution >= 4 is 6.09 Å². The highest BCUT2D eigenvalue weighted by Gasteiger charge is 2.29. The Bertz CT molecular complexity index is 479. The Morgan fingerprint density at radius 3 is 2.50 bits per heavy atom. The van der Waals surface area contributed by atoms with Gasteiger partial charge in [-0.05, 0) is 32.9 Å². The number of nitrogens with zero attached hydrogens (tertiary/aromatic N) is 3. The van der Waals surface area contributed by atoms with Gasteiger partial charge in [-0.2, -0.15) is 0 Å². The maximum atomic E-state index is 12.1. The van der Waals surface area contributed by atoms with Gasteiger partial charge in [0.25, 0.3) is 0 Å². The lowest BCUT2D eigenvalue weighted by Crippen LogP contribution is -2.51. The molecule has 1 saturated heterocycles. The van der Waals surface area contributed by atoms with E-state index >= 15 is 0 Å². The zero-order valence-corrected chi connectivity index (χ0v) is 13.7. The molecule has 1 fully saturated rings. The second-order valence-corrected chi connectivity index (χ2v) is 6.51. The van der Waals surface area contributed by atoms with E-state index in [2.05, 4.69) is 9.88 Å². The third kappa shape index (κ3) is 4.42. The van der Waals surface area contributed by atoms with Gasteiger partial charge in [0.15, 0.2) is 0 Å². The molecule has 0 spiro atoms. The number of carbonyl (C=O) groups excluding carboxylic acids is 1.